The molecule has 1 saturated carbocycles. The molecular weight excluding hydrogens is 441 g/mol. The third kappa shape index (κ3) is 5.96. The summed E-state index contributed by atoms with van der Waals surface area (Å²) in [6.45, 7) is 3.08. The highest BCUT2D eigenvalue weighted by Gasteiger charge is 2.32. The van der Waals surface area contributed by atoms with Crippen molar-refractivity contribution in [3.8, 4) is 0 Å². The van der Waals surface area contributed by atoms with Gasteiger partial charge in [-0.05, 0) is 36.9 Å². The average molecular weight is 472 g/mol. The zero-order chi connectivity index (χ0) is 23.3. The maximum absolute atomic E-state index is 15.2. The summed E-state index contributed by atoms with van der Waals surface area (Å²) in [5.74, 6) is -1.39. The fourth-order valence-electron chi connectivity index (χ4n) is 4.62. The molecule has 2 fully saturated rings. The minimum absolute atomic E-state index is 0.0661. The molecule has 3 atom stereocenters. The Kier molecular flexibility index (Phi) is 8.44. The highest BCUT2D eigenvalue weighted by atomic mass is 35.5. The molecule has 1 aromatic heterocycles. The molecule has 10 nitrogen and oxygen atoms in total. The van der Waals surface area contributed by atoms with Crippen molar-refractivity contribution >= 4 is 35.6 Å². The summed E-state index contributed by atoms with van der Waals surface area (Å²) in [6.07, 6.45) is 4.99. The van der Waals surface area contributed by atoms with E-state index in [4.69, 9.17) is 11.6 Å². The Bertz CT molecular complexity index is 812. The van der Waals surface area contributed by atoms with Gasteiger partial charge in [0.1, 0.15) is 0 Å². The summed E-state index contributed by atoms with van der Waals surface area (Å²) >= 11 is 6.02. The van der Waals surface area contributed by atoms with E-state index >= 15 is 4.39 Å². The zero-order valence-corrected chi connectivity index (χ0v) is 19.1. The van der Waals surface area contributed by atoms with Gasteiger partial charge in [0, 0.05) is 19.1 Å². The van der Waals surface area contributed by atoms with Crippen LogP contribution >= 0.6 is 11.6 Å². The lowest BCUT2D eigenvalue weighted by Crippen LogP contribution is -2.41. The Morgan fingerprint density at radius 1 is 1.38 bits per heavy atom. The molecule has 0 unspecified atom stereocenters. The van der Waals surface area contributed by atoms with Gasteiger partial charge >= 0.3 is 0 Å². The Balaban J connectivity index is 1.69. The van der Waals surface area contributed by atoms with Gasteiger partial charge in [-0.1, -0.05) is 32.6 Å². The van der Waals surface area contributed by atoms with Crippen molar-refractivity contribution in [2.45, 2.75) is 45.1 Å². The highest BCUT2D eigenvalue weighted by Crippen LogP contribution is 2.31. The molecule has 32 heavy (non-hydrogen) atoms. The topological polar surface area (TPSA) is 123 Å². The number of nitrogens with zero attached hydrogens (tertiary/aromatic N) is 4. The van der Waals surface area contributed by atoms with Crippen LogP contribution in [0.2, 0.25) is 5.28 Å². The second-order valence-corrected chi connectivity index (χ2v) is 9.02. The maximum atomic E-state index is 15.2. The van der Waals surface area contributed by atoms with Gasteiger partial charge in [-0.25, -0.2) is 5.06 Å². The third-order valence-electron chi connectivity index (χ3n) is 6.39. The number of carbonyl (C=O) groups excluding carboxylic acids is 2. The van der Waals surface area contributed by atoms with Crippen LogP contribution in [-0.2, 0) is 9.59 Å². The number of nitrogens with one attached hydrogen (secondary N) is 3. The van der Waals surface area contributed by atoms with Gasteiger partial charge in [-0.15, -0.1) is 0 Å². The van der Waals surface area contributed by atoms with E-state index < -0.39 is 17.6 Å². The second kappa shape index (κ2) is 11.1. The molecule has 0 spiro atoms. The Morgan fingerprint density at radius 3 is 2.72 bits per heavy atom. The highest BCUT2D eigenvalue weighted by molar-refractivity contribution is 6.28. The molecule has 0 bridgehead atoms. The molecule has 12 heteroatoms. The van der Waals surface area contributed by atoms with E-state index in [0.717, 1.165) is 25.7 Å². The molecule has 1 aliphatic carbocycles. The zero-order valence-electron chi connectivity index (χ0n) is 18.4. The van der Waals surface area contributed by atoms with Gasteiger partial charge in [0.05, 0.1) is 12.5 Å². The van der Waals surface area contributed by atoms with Crippen LogP contribution < -0.4 is 21.1 Å². The molecule has 2 heterocycles. The Morgan fingerprint density at radius 2 is 2.09 bits per heavy atom. The van der Waals surface area contributed by atoms with Crippen molar-refractivity contribution in [3.05, 3.63) is 11.1 Å². The van der Waals surface area contributed by atoms with E-state index in [0.29, 0.717) is 36.4 Å². The van der Waals surface area contributed by atoms with Crippen molar-refractivity contribution in [1.82, 2.24) is 25.8 Å². The lowest BCUT2D eigenvalue weighted by atomic mass is 9.92. The van der Waals surface area contributed by atoms with Gasteiger partial charge in [-0.3, -0.25) is 25.6 Å². The average Bonchev–Trinajstić information content (AvgIpc) is 3.42. The number of hydroxylamine groups is 2. The SMILES string of the molecule is CN[C@H]1CN(c2nc(Cl)nc(NNC(=O)[C@H](CC3CCCC3)CN(O)C=O)c2F)C[C@@H]1C. The molecule has 3 rings (SSSR count). The first-order valence-electron chi connectivity index (χ1n) is 10.9. The first-order chi connectivity index (χ1) is 15.3. The molecule has 4 N–H and O–H groups in total. The lowest BCUT2D eigenvalue weighted by molar-refractivity contribution is -0.154. The van der Waals surface area contributed by atoms with Gasteiger partial charge in [0.25, 0.3) is 0 Å². The number of aromatic nitrogens is 2. The lowest BCUT2D eigenvalue weighted by Gasteiger charge is -2.23. The molecule has 1 aliphatic heterocycles. The summed E-state index contributed by atoms with van der Waals surface area (Å²) in [5.41, 5.74) is 4.96. The summed E-state index contributed by atoms with van der Waals surface area (Å²) in [4.78, 5) is 33.3. The summed E-state index contributed by atoms with van der Waals surface area (Å²) in [6, 6.07) is 0.190. The van der Waals surface area contributed by atoms with Crippen LogP contribution in [-0.4, -0.2) is 65.3 Å². The molecule has 0 radical (unpaired) electrons. The van der Waals surface area contributed by atoms with Crippen LogP contribution in [0.25, 0.3) is 0 Å². The van der Waals surface area contributed by atoms with Crippen LogP contribution in [0.15, 0.2) is 0 Å². The Hall–Kier alpha value is -2.24. The number of carbonyl (C=O) groups is 2. The molecule has 0 aromatic carbocycles. The fraction of sp³-hybridized carbons (Fsp3) is 0.700. The molecular formula is C20H31ClFN7O3. The van der Waals surface area contributed by atoms with Crippen LogP contribution in [0.5, 0.6) is 0 Å². The largest absolute Gasteiger partial charge is 0.352 e. The van der Waals surface area contributed by atoms with Crippen LogP contribution in [0.4, 0.5) is 16.0 Å². The predicted molar refractivity (Wildman–Crippen MR) is 118 cm³/mol. The van der Waals surface area contributed by atoms with Crippen molar-refractivity contribution < 1.29 is 19.2 Å². The third-order valence-corrected chi connectivity index (χ3v) is 6.55. The number of hydrazine groups is 1. The molecule has 1 aromatic rings. The number of halogens is 2. The van der Waals surface area contributed by atoms with E-state index in [9.17, 15) is 14.8 Å². The quantitative estimate of drug-likeness (QED) is 0.176. The van der Waals surface area contributed by atoms with E-state index in [1.54, 1.807) is 4.90 Å². The molecule has 2 aliphatic rings. The first-order valence-corrected chi connectivity index (χ1v) is 11.3. The van der Waals surface area contributed by atoms with Gasteiger partial charge in [-0.2, -0.15) is 14.4 Å². The maximum Gasteiger partial charge on any atom is 0.243 e. The second-order valence-electron chi connectivity index (χ2n) is 8.68. The van der Waals surface area contributed by atoms with E-state index in [1.807, 2.05) is 7.05 Å². The van der Waals surface area contributed by atoms with Crippen LogP contribution in [0.3, 0.4) is 0 Å². The van der Waals surface area contributed by atoms with E-state index in [1.165, 1.54) is 0 Å². The van der Waals surface area contributed by atoms with Crippen molar-refractivity contribution in [2.24, 2.45) is 17.8 Å². The number of amides is 2. The van der Waals surface area contributed by atoms with E-state index in [2.05, 4.69) is 33.1 Å². The Labute approximate surface area is 191 Å². The van der Waals surface area contributed by atoms with Gasteiger partial charge in [0.2, 0.25) is 23.4 Å². The van der Waals surface area contributed by atoms with E-state index in [-0.39, 0.29) is 35.9 Å². The number of hydrogen-bond acceptors (Lipinski definition) is 8. The predicted octanol–water partition coefficient (Wildman–Crippen LogP) is 1.80. The molecule has 178 valence electrons. The number of anilines is 2. The number of likely N-dealkylation sites (N-methyl/N-ethyl adjacent to an activating group) is 1. The summed E-state index contributed by atoms with van der Waals surface area (Å²) < 4.78 is 15.2. The van der Waals surface area contributed by atoms with Crippen molar-refractivity contribution in [1.29, 1.82) is 0 Å². The number of rotatable bonds is 10. The minimum atomic E-state index is -0.720. The minimum Gasteiger partial charge on any atom is -0.352 e. The molecule has 1 saturated heterocycles. The van der Waals surface area contributed by atoms with Crippen molar-refractivity contribution in [3.63, 3.8) is 0 Å². The van der Waals surface area contributed by atoms with Gasteiger partial charge < -0.3 is 10.2 Å². The number of hydrogen-bond donors (Lipinski definition) is 4. The van der Waals surface area contributed by atoms with Gasteiger partial charge in [0.15, 0.2) is 11.6 Å². The van der Waals surface area contributed by atoms with Crippen LogP contribution in [0, 0.1) is 23.6 Å². The summed E-state index contributed by atoms with van der Waals surface area (Å²) in [5, 5.41) is 13.1. The van der Waals surface area contributed by atoms with Crippen LogP contribution in [0.1, 0.15) is 39.0 Å². The normalized spacial score (nSPS) is 22.1. The van der Waals surface area contributed by atoms with Crippen molar-refractivity contribution in [2.75, 3.05) is 37.0 Å². The summed E-state index contributed by atoms with van der Waals surface area (Å²) in [7, 11) is 1.86. The standard InChI is InChI=1S/C20H31ClFN7O3/c1-12-8-28(10-15(12)23-2)18-16(22)17(24-20(21)25-18)26-27-19(31)14(9-29(32)11-30)7-13-5-3-4-6-13/h11-15,23,32H,3-10H2,1-2H3,(H,27,31)(H,24,25,26)/t12-,14+,15-/m0/s1. The fourth-order valence-corrected chi connectivity index (χ4v) is 4.79. The molecule has 2 amide bonds. The smallest absolute Gasteiger partial charge is 0.243 e. The first kappa shape index (κ1) is 24.4. The monoisotopic (exact) mass is 471 g/mol.